The summed E-state index contributed by atoms with van der Waals surface area (Å²) in [5.41, 5.74) is 8.13. The largest absolute Gasteiger partial charge is 0.493 e. The van der Waals surface area contributed by atoms with Gasteiger partial charge >= 0.3 is 0 Å². The lowest BCUT2D eigenvalue weighted by atomic mass is 10.1. The second-order valence-corrected chi connectivity index (χ2v) is 5.12. The maximum Gasteiger partial charge on any atom is 0.161 e. The van der Waals surface area contributed by atoms with Gasteiger partial charge in [-0.2, -0.15) is 5.10 Å². The SMILES string of the molecule is COc1cnn(C)c1C(N)c1sc(C)nc1C. The number of rotatable bonds is 3. The first kappa shape index (κ1) is 12.1. The van der Waals surface area contributed by atoms with E-state index in [1.54, 1.807) is 29.3 Å². The van der Waals surface area contributed by atoms with E-state index in [0.29, 0.717) is 5.75 Å². The number of aryl methyl sites for hydroxylation is 3. The molecule has 0 aromatic carbocycles. The van der Waals surface area contributed by atoms with Gasteiger partial charge in [-0.3, -0.25) is 4.68 Å². The third-order valence-corrected chi connectivity index (χ3v) is 3.84. The number of thiazole rings is 1. The Kier molecular flexibility index (Phi) is 3.17. The van der Waals surface area contributed by atoms with Gasteiger partial charge in [-0.1, -0.05) is 0 Å². The molecule has 0 aliphatic rings. The van der Waals surface area contributed by atoms with Crippen molar-refractivity contribution in [3.05, 3.63) is 27.5 Å². The molecule has 2 N–H and O–H groups in total. The van der Waals surface area contributed by atoms with Crippen LogP contribution in [-0.2, 0) is 7.05 Å². The second kappa shape index (κ2) is 4.46. The molecule has 0 saturated carbocycles. The zero-order valence-electron chi connectivity index (χ0n) is 10.4. The maximum atomic E-state index is 6.28. The molecule has 0 fully saturated rings. The molecule has 2 rings (SSSR count). The lowest BCUT2D eigenvalue weighted by Crippen LogP contribution is -2.16. The molecule has 0 saturated heterocycles. The van der Waals surface area contributed by atoms with Crippen LogP contribution in [0.3, 0.4) is 0 Å². The minimum absolute atomic E-state index is 0.247. The summed E-state index contributed by atoms with van der Waals surface area (Å²) in [4.78, 5) is 5.45. The molecule has 2 aromatic rings. The Balaban J connectivity index is 2.46. The van der Waals surface area contributed by atoms with Crippen molar-refractivity contribution in [2.75, 3.05) is 7.11 Å². The normalized spacial score (nSPS) is 12.8. The minimum Gasteiger partial charge on any atom is -0.493 e. The van der Waals surface area contributed by atoms with E-state index in [2.05, 4.69) is 10.1 Å². The van der Waals surface area contributed by atoms with Crippen LogP contribution in [0.1, 0.15) is 27.3 Å². The Morgan fingerprint density at radius 2 is 2.18 bits per heavy atom. The minimum atomic E-state index is -0.247. The number of nitrogens with zero attached hydrogens (tertiary/aromatic N) is 3. The van der Waals surface area contributed by atoms with Crippen molar-refractivity contribution in [2.24, 2.45) is 12.8 Å². The molecule has 6 heteroatoms. The van der Waals surface area contributed by atoms with Crippen molar-refractivity contribution < 1.29 is 4.74 Å². The van der Waals surface area contributed by atoms with E-state index in [1.807, 2.05) is 20.9 Å². The fraction of sp³-hybridized carbons (Fsp3) is 0.455. The van der Waals surface area contributed by atoms with Gasteiger partial charge in [0, 0.05) is 7.05 Å². The van der Waals surface area contributed by atoms with Crippen LogP contribution in [0, 0.1) is 13.8 Å². The molecule has 0 aliphatic heterocycles. The Bertz CT molecular complexity index is 532. The number of nitrogens with two attached hydrogens (primary N) is 1. The lowest BCUT2D eigenvalue weighted by molar-refractivity contribution is 0.406. The number of aromatic nitrogens is 3. The van der Waals surface area contributed by atoms with E-state index in [0.717, 1.165) is 21.3 Å². The van der Waals surface area contributed by atoms with Crippen molar-refractivity contribution in [1.29, 1.82) is 0 Å². The van der Waals surface area contributed by atoms with Crippen LogP contribution in [0.25, 0.3) is 0 Å². The fourth-order valence-electron chi connectivity index (χ4n) is 1.90. The van der Waals surface area contributed by atoms with E-state index in [-0.39, 0.29) is 6.04 Å². The highest BCUT2D eigenvalue weighted by molar-refractivity contribution is 7.11. The highest BCUT2D eigenvalue weighted by Crippen LogP contribution is 2.32. The molecule has 92 valence electrons. The van der Waals surface area contributed by atoms with Crippen molar-refractivity contribution in [1.82, 2.24) is 14.8 Å². The summed E-state index contributed by atoms with van der Waals surface area (Å²) in [5.74, 6) is 0.713. The summed E-state index contributed by atoms with van der Waals surface area (Å²) in [6.45, 7) is 3.95. The molecule has 0 aliphatic carbocycles. The third kappa shape index (κ3) is 2.05. The number of hydrogen-bond donors (Lipinski definition) is 1. The zero-order chi connectivity index (χ0) is 12.6. The molecule has 0 bridgehead atoms. The van der Waals surface area contributed by atoms with E-state index < -0.39 is 0 Å². The predicted octanol–water partition coefficient (Wildman–Crippen LogP) is 1.55. The zero-order valence-corrected chi connectivity index (χ0v) is 11.2. The van der Waals surface area contributed by atoms with Crippen molar-refractivity contribution in [3.63, 3.8) is 0 Å². The summed E-state index contributed by atoms with van der Waals surface area (Å²) in [6.07, 6.45) is 1.68. The van der Waals surface area contributed by atoms with Crippen LogP contribution in [0.5, 0.6) is 5.75 Å². The molecule has 1 unspecified atom stereocenters. The maximum absolute atomic E-state index is 6.28. The standard InChI is InChI=1S/C11H16N4OS/c1-6-11(17-7(2)14-6)9(12)10-8(16-4)5-13-15(10)3/h5,9H,12H2,1-4H3. The van der Waals surface area contributed by atoms with Crippen molar-refractivity contribution in [3.8, 4) is 5.75 Å². The summed E-state index contributed by atoms with van der Waals surface area (Å²) >= 11 is 1.62. The van der Waals surface area contributed by atoms with Gasteiger partial charge in [0.25, 0.3) is 0 Å². The Morgan fingerprint density at radius 1 is 1.47 bits per heavy atom. The van der Waals surface area contributed by atoms with Gasteiger partial charge < -0.3 is 10.5 Å². The summed E-state index contributed by atoms with van der Waals surface area (Å²) < 4.78 is 7.02. The molecule has 0 amide bonds. The van der Waals surface area contributed by atoms with Crippen molar-refractivity contribution >= 4 is 11.3 Å². The van der Waals surface area contributed by atoms with E-state index in [9.17, 15) is 0 Å². The van der Waals surface area contributed by atoms with E-state index >= 15 is 0 Å². The number of methoxy groups -OCH3 is 1. The van der Waals surface area contributed by atoms with Crippen LogP contribution in [-0.4, -0.2) is 21.9 Å². The van der Waals surface area contributed by atoms with E-state index in [4.69, 9.17) is 10.5 Å². The summed E-state index contributed by atoms with van der Waals surface area (Å²) in [6, 6.07) is -0.247. The van der Waals surface area contributed by atoms with Crippen LogP contribution in [0.15, 0.2) is 6.20 Å². The molecule has 1 atom stereocenters. The van der Waals surface area contributed by atoms with Crippen LogP contribution in [0.4, 0.5) is 0 Å². The average Bonchev–Trinajstić information content (AvgIpc) is 2.80. The molecule has 5 nitrogen and oxygen atoms in total. The smallest absolute Gasteiger partial charge is 0.161 e. The molecule has 2 heterocycles. The molecule has 0 spiro atoms. The molecular weight excluding hydrogens is 236 g/mol. The van der Waals surface area contributed by atoms with Gasteiger partial charge in [-0.15, -0.1) is 11.3 Å². The monoisotopic (exact) mass is 252 g/mol. The second-order valence-electron chi connectivity index (χ2n) is 3.88. The molecule has 0 radical (unpaired) electrons. The molecular formula is C11H16N4OS. The summed E-state index contributed by atoms with van der Waals surface area (Å²) in [7, 11) is 3.49. The molecule has 2 aromatic heterocycles. The first-order chi connectivity index (χ1) is 8.04. The first-order valence-corrected chi connectivity index (χ1v) is 6.11. The fourth-order valence-corrected chi connectivity index (χ4v) is 2.83. The summed E-state index contributed by atoms with van der Waals surface area (Å²) in [5, 5.41) is 5.19. The Morgan fingerprint density at radius 3 is 2.71 bits per heavy atom. The number of hydrogen-bond acceptors (Lipinski definition) is 5. The highest BCUT2D eigenvalue weighted by Gasteiger charge is 2.22. The quantitative estimate of drug-likeness (QED) is 0.900. The van der Waals surface area contributed by atoms with Crippen LogP contribution >= 0.6 is 11.3 Å². The molecule has 17 heavy (non-hydrogen) atoms. The number of ether oxygens (including phenoxy) is 1. The third-order valence-electron chi connectivity index (χ3n) is 2.69. The van der Waals surface area contributed by atoms with Gasteiger partial charge in [0.05, 0.1) is 34.9 Å². The Hall–Kier alpha value is -1.40. The lowest BCUT2D eigenvalue weighted by Gasteiger charge is -2.12. The van der Waals surface area contributed by atoms with E-state index in [1.165, 1.54) is 0 Å². The first-order valence-electron chi connectivity index (χ1n) is 5.30. The van der Waals surface area contributed by atoms with Gasteiger partial charge in [0.15, 0.2) is 5.75 Å². The van der Waals surface area contributed by atoms with Gasteiger partial charge in [0.1, 0.15) is 5.69 Å². The average molecular weight is 252 g/mol. The van der Waals surface area contributed by atoms with Crippen LogP contribution in [0.2, 0.25) is 0 Å². The van der Waals surface area contributed by atoms with Gasteiger partial charge in [-0.25, -0.2) is 4.98 Å². The topological polar surface area (TPSA) is 66.0 Å². The van der Waals surface area contributed by atoms with Gasteiger partial charge in [-0.05, 0) is 13.8 Å². The Labute approximate surface area is 104 Å². The predicted molar refractivity (Wildman–Crippen MR) is 67.4 cm³/mol. The van der Waals surface area contributed by atoms with Crippen molar-refractivity contribution in [2.45, 2.75) is 19.9 Å². The van der Waals surface area contributed by atoms with Gasteiger partial charge in [0.2, 0.25) is 0 Å². The highest BCUT2D eigenvalue weighted by atomic mass is 32.1. The van der Waals surface area contributed by atoms with Crippen LogP contribution < -0.4 is 10.5 Å².